The van der Waals surface area contributed by atoms with Crippen molar-refractivity contribution in [2.75, 3.05) is 25.6 Å². The van der Waals surface area contributed by atoms with E-state index < -0.39 is 12.2 Å². The molecule has 0 aromatic carbocycles. The van der Waals surface area contributed by atoms with Crippen molar-refractivity contribution < 1.29 is 19.7 Å². The molecule has 6 rings (SSSR count). The molecule has 2 aliphatic rings. The summed E-state index contributed by atoms with van der Waals surface area (Å²) >= 11 is 0. The number of aliphatic hydroxyl groups excluding tert-OH is 2. The second-order valence-corrected chi connectivity index (χ2v) is 8.79. The number of fused-ring (bicyclic) bond motifs is 2. The molecule has 5 heterocycles. The molecule has 4 aromatic heterocycles. The number of aromatic nitrogens is 5. The molecule has 0 spiro atoms. The van der Waals surface area contributed by atoms with Gasteiger partial charge in [-0.1, -0.05) is 0 Å². The van der Waals surface area contributed by atoms with E-state index in [2.05, 4.69) is 20.7 Å². The summed E-state index contributed by atoms with van der Waals surface area (Å²) in [6, 6.07) is 5.19. The largest absolute Gasteiger partial charge is 0.391 e. The highest BCUT2D eigenvalue weighted by Gasteiger charge is 2.32. The highest BCUT2D eigenvalue weighted by atomic mass is 16.5. The number of rotatable bonds is 5. The molecule has 1 aliphatic heterocycles. The van der Waals surface area contributed by atoms with E-state index in [0.717, 1.165) is 23.0 Å². The normalized spacial score (nSPS) is 24.4. The van der Waals surface area contributed by atoms with Crippen molar-refractivity contribution in [3.05, 3.63) is 42.4 Å². The van der Waals surface area contributed by atoms with Crippen LogP contribution in [-0.2, 0) is 4.74 Å². The fourth-order valence-electron chi connectivity index (χ4n) is 4.67. The summed E-state index contributed by atoms with van der Waals surface area (Å²) < 4.78 is 8.99. The first-order chi connectivity index (χ1) is 16.5. The highest BCUT2D eigenvalue weighted by Crippen LogP contribution is 2.34. The van der Waals surface area contributed by atoms with Crippen LogP contribution >= 0.6 is 0 Å². The van der Waals surface area contributed by atoms with E-state index in [-0.39, 0.29) is 24.6 Å². The van der Waals surface area contributed by atoms with E-state index in [1.807, 2.05) is 29.0 Å². The molecule has 0 radical (unpaired) electrons. The van der Waals surface area contributed by atoms with Crippen molar-refractivity contribution >= 4 is 28.4 Å². The van der Waals surface area contributed by atoms with Gasteiger partial charge in [-0.25, -0.2) is 9.97 Å². The molecule has 1 amide bonds. The number of carbonyl (C=O) groups excluding carboxylic acids is 1. The van der Waals surface area contributed by atoms with Gasteiger partial charge < -0.3 is 30.2 Å². The molecule has 1 saturated heterocycles. The first-order valence-corrected chi connectivity index (χ1v) is 11.3. The fraction of sp³-hybridized carbons (Fsp3) is 0.391. The Morgan fingerprint density at radius 3 is 2.79 bits per heavy atom. The topological polar surface area (TPSA) is 139 Å². The average Bonchev–Trinajstić information content (AvgIpc) is 3.57. The molecule has 176 valence electrons. The van der Waals surface area contributed by atoms with Crippen LogP contribution < -0.4 is 10.6 Å². The molecular formula is C23H25N7O4. The molecule has 0 bridgehead atoms. The second-order valence-electron chi connectivity index (χ2n) is 8.79. The lowest BCUT2D eigenvalue weighted by Gasteiger charge is -2.32. The lowest BCUT2D eigenvalue weighted by Crippen LogP contribution is -2.50. The molecule has 4 N–H and O–H groups in total. The van der Waals surface area contributed by atoms with Gasteiger partial charge in [-0.3, -0.25) is 4.79 Å². The molecule has 1 saturated carbocycles. The molecule has 11 heteroatoms. The number of ether oxygens (including phenoxy) is 1. The van der Waals surface area contributed by atoms with Gasteiger partial charge in [0.1, 0.15) is 23.1 Å². The fourth-order valence-corrected chi connectivity index (χ4v) is 4.67. The smallest absolute Gasteiger partial charge is 0.257 e. The Morgan fingerprint density at radius 2 is 2.09 bits per heavy atom. The maximum absolute atomic E-state index is 13.0. The van der Waals surface area contributed by atoms with Crippen LogP contribution in [0.2, 0.25) is 0 Å². The van der Waals surface area contributed by atoms with Gasteiger partial charge in [0.25, 0.3) is 5.91 Å². The van der Waals surface area contributed by atoms with Gasteiger partial charge in [0.2, 0.25) is 0 Å². The predicted octanol–water partition coefficient (Wildman–Crippen LogP) is 0.973. The van der Waals surface area contributed by atoms with Crippen molar-refractivity contribution in [2.24, 2.45) is 0 Å². The van der Waals surface area contributed by atoms with Gasteiger partial charge >= 0.3 is 0 Å². The van der Waals surface area contributed by atoms with E-state index in [1.54, 1.807) is 17.8 Å². The lowest BCUT2D eigenvalue weighted by atomic mass is 9.89. The van der Waals surface area contributed by atoms with E-state index in [0.29, 0.717) is 35.8 Å². The average molecular weight is 463 g/mol. The quantitative estimate of drug-likeness (QED) is 0.343. The second kappa shape index (κ2) is 8.05. The van der Waals surface area contributed by atoms with Gasteiger partial charge in [0.15, 0.2) is 5.65 Å². The number of amides is 1. The third kappa shape index (κ3) is 3.23. The molecule has 0 unspecified atom stereocenters. The van der Waals surface area contributed by atoms with E-state index in [1.165, 1.54) is 6.20 Å². The van der Waals surface area contributed by atoms with Crippen molar-refractivity contribution in [3.63, 3.8) is 0 Å². The van der Waals surface area contributed by atoms with Crippen molar-refractivity contribution in [3.8, 4) is 11.3 Å². The summed E-state index contributed by atoms with van der Waals surface area (Å²) in [5.41, 5.74) is 2.93. The van der Waals surface area contributed by atoms with Gasteiger partial charge in [-0.2, -0.15) is 9.61 Å². The SMILES string of the molecule is CNc1cc(-c2cn([C@H]3COC[C@@H]3O)c3ncccc23)nc2c(C(=O)N[C@@H]3CC[C@@H]3O)cnn12. The zero-order valence-corrected chi connectivity index (χ0v) is 18.5. The van der Waals surface area contributed by atoms with Crippen LogP contribution in [0.4, 0.5) is 5.82 Å². The first kappa shape index (κ1) is 21.0. The number of anilines is 1. The highest BCUT2D eigenvalue weighted by molar-refractivity contribution is 6.01. The van der Waals surface area contributed by atoms with Gasteiger partial charge in [0.05, 0.1) is 43.3 Å². The van der Waals surface area contributed by atoms with Crippen LogP contribution in [0.3, 0.4) is 0 Å². The van der Waals surface area contributed by atoms with E-state index in [9.17, 15) is 15.0 Å². The number of pyridine rings is 1. The Hall–Kier alpha value is -3.54. The standard InChI is InChI=1S/C23H25N7O4/c1-24-20-7-16(27-22-13(8-26-30(20)22)23(33)28-15-4-5-18(15)31)14-9-29(17-10-34-11-19(17)32)21-12(14)3-2-6-25-21/h2-3,6-9,15,17-19,24,31-32H,4-5,10-11H2,1H3,(H,28,33)/t15-,17+,18+,19+/m1/s1. The molecule has 1 aliphatic carbocycles. The van der Waals surface area contributed by atoms with Crippen molar-refractivity contribution in [1.29, 1.82) is 0 Å². The van der Waals surface area contributed by atoms with Crippen molar-refractivity contribution in [1.82, 2.24) is 29.5 Å². The Labute approximate surface area is 194 Å². The summed E-state index contributed by atoms with van der Waals surface area (Å²) in [6.45, 7) is 0.680. The number of nitrogens with zero attached hydrogens (tertiary/aromatic N) is 5. The third-order valence-corrected chi connectivity index (χ3v) is 6.77. The van der Waals surface area contributed by atoms with Crippen LogP contribution in [-0.4, -0.2) is 78.8 Å². The zero-order valence-electron chi connectivity index (χ0n) is 18.5. The molecule has 2 fully saturated rings. The predicted molar refractivity (Wildman–Crippen MR) is 124 cm³/mol. The van der Waals surface area contributed by atoms with E-state index >= 15 is 0 Å². The molecule has 34 heavy (non-hydrogen) atoms. The van der Waals surface area contributed by atoms with Crippen LogP contribution in [0.5, 0.6) is 0 Å². The van der Waals surface area contributed by atoms with Gasteiger partial charge in [-0.05, 0) is 25.0 Å². The van der Waals surface area contributed by atoms with Crippen LogP contribution in [0.25, 0.3) is 27.9 Å². The lowest BCUT2D eigenvalue weighted by molar-refractivity contribution is 0.0448. The summed E-state index contributed by atoms with van der Waals surface area (Å²) in [6.07, 6.45) is 5.43. The summed E-state index contributed by atoms with van der Waals surface area (Å²) in [5.74, 6) is 0.345. The molecule has 11 nitrogen and oxygen atoms in total. The van der Waals surface area contributed by atoms with E-state index in [4.69, 9.17) is 9.72 Å². The number of hydrogen-bond acceptors (Lipinski definition) is 8. The Balaban J connectivity index is 1.48. The number of hydrogen-bond donors (Lipinski definition) is 4. The molecular weight excluding hydrogens is 438 g/mol. The summed E-state index contributed by atoms with van der Waals surface area (Å²) in [4.78, 5) is 22.3. The number of carbonyl (C=O) groups is 1. The number of nitrogens with one attached hydrogen (secondary N) is 2. The van der Waals surface area contributed by atoms with Crippen molar-refractivity contribution in [2.45, 2.75) is 37.1 Å². The third-order valence-electron chi connectivity index (χ3n) is 6.77. The van der Waals surface area contributed by atoms with Crippen LogP contribution in [0.1, 0.15) is 29.2 Å². The minimum atomic E-state index is -0.624. The van der Waals surface area contributed by atoms with Crippen LogP contribution in [0, 0.1) is 0 Å². The zero-order chi connectivity index (χ0) is 23.4. The van der Waals surface area contributed by atoms with Gasteiger partial charge in [0, 0.05) is 36.5 Å². The molecule has 4 aromatic rings. The summed E-state index contributed by atoms with van der Waals surface area (Å²) in [7, 11) is 1.78. The van der Waals surface area contributed by atoms with Crippen LogP contribution in [0.15, 0.2) is 36.8 Å². The maximum Gasteiger partial charge on any atom is 0.257 e. The minimum Gasteiger partial charge on any atom is -0.391 e. The Kier molecular flexibility index (Phi) is 4.97. The first-order valence-electron chi connectivity index (χ1n) is 11.3. The molecule has 4 atom stereocenters. The Morgan fingerprint density at radius 1 is 1.21 bits per heavy atom. The van der Waals surface area contributed by atoms with Gasteiger partial charge in [-0.15, -0.1) is 0 Å². The maximum atomic E-state index is 13.0. The monoisotopic (exact) mass is 463 g/mol. The summed E-state index contributed by atoms with van der Waals surface area (Å²) in [5, 5.41) is 31.5. The Bertz CT molecular complexity index is 1400. The number of aliphatic hydroxyl groups is 2. The minimum absolute atomic E-state index is 0.246.